The molecule has 1 atom stereocenters. The summed E-state index contributed by atoms with van der Waals surface area (Å²) < 4.78 is 10.3. The molecule has 0 amide bonds. The third-order valence-corrected chi connectivity index (χ3v) is 2.02. The zero-order valence-electron chi connectivity index (χ0n) is 9.80. The molecule has 4 nitrogen and oxygen atoms in total. The second-order valence-electron chi connectivity index (χ2n) is 3.46. The van der Waals surface area contributed by atoms with Gasteiger partial charge in [0.25, 0.3) is 0 Å². The largest absolute Gasteiger partial charge is 0.493 e. The summed E-state index contributed by atoms with van der Waals surface area (Å²) in [5, 5.41) is 9.05. The van der Waals surface area contributed by atoms with Gasteiger partial charge in [0, 0.05) is 6.21 Å². The summed E-state index contributed by atoms with van der Waals surface area (Å²) in [6.45, 7) is 2.10. The molecule has 1 unspecified atom stereocenters. The van der Waals surface area contributed by atoms with Crippen LogP contribution in [0, 0.1) is 0 Å². The Balaban J connectivity index is 2.78. The van der Waals surface area contributed by atoms with Crippen molar-refractivity contribution in [3.05, 3.63) is 23.8 Å². The molecule has 1 aromatic carbocycles. The van der Waals surface area contributed by atoms with Crippen molar-refractivity contribution in [2.45, 2.75) is 13.0 Å². The van der Waals surface area contributed by atoms with E-state index in [1.165, 1.54) is 0 Å². The van der Waals surface area contributed by atoms with E-state index in [1.54, 1.807) is 27.4 Å². The minimum atomic E-state index is -0.420. The highest BCUT2D eigenvalue weighted by Crippen LogP contribution is 2.26. The van der Waals surface area contributed by atoms with Crippen LogP contribution in [-0.2, 0) is 0 Å². The van der Waals surface area contributed by atoms with Crippen LogP contribution in [0.5, 0.6) is 11.5 Å². The molecule has 0 aliphatic rings. The van der Waals surface area contributed by atoms with Gasteiger partial charge in [-0.05, 0) is 30.7 Å². The van der Waals surface area contributed by atoms with Crippen molar-refractivity contribution < 1.29 is 14.6 Å². The van der Waals surface area contributed by atoms with Crippen molar-refractivity contribution in [2.24, 2.45) is 4.99 Å². The van der Waals surface area contributed by atoms with Gasteiger partial charge in [-0.3, -0.25) is 4.99 Å². The molecule has 0 bridgehead atoms. The Hall–Kier alpha value is -1.55. The molecular weight excluding hydrogens is 206 g/mol. The van der Waals surface area contributed by atoms with Gasteiger partial charge in [-0.15, -0.1) is 0 Å². The number of aliphatic imine (C=N–C) groups is 1. The Morgan fingerprint density at radius 3 is 2.56 bits per heavy atom. The normalized spacial score (nSPS) is 12.8. The van der Waals surface area contributed by atoms with E-state index in [1.807, 2.05) is 18.2 Å². The minimum absolute atomic E-state index is 0.397. The third kappa shape index (κ3) is 3.55. The van der Waals surface area contributed by atoms with Crippen molar-refractivity contribution in [3.8, 4) is 11.5 Å². The summed E-state index contributed by atoms with van der Waals surface area (Å²) in [6, 6.07) is 5.54. The van der Waals surface area contributed by atoms with Crippen molar-refractivity contribution >= 4 is 6.21 Å². The van der Waals surface area contributed by atoms with Gasteiger partial charge in [0.2, 0.25) is 0 Å². The number of hydrogen-bond acceptors (Lipinski definition) is 4. The van der Waals surface area contributed by atoms with Crippen molar-refractivity contribution in [3.63, 3.8) is 0 Å². The van der Waals surface area contributed by atoms with E-state index in [0.29, 0.717) is 18.0 Å². The van der Waals surface area contributed by atoms with Gasteiger partial charge < -0.3 is 14.6 Å². The zero-order valence-corrected chi connectivity index (χ0v) is 9.80. The van der Waals surface area contributed by atoms with Crippen LogP contribution in [0.25, 0.3) is 0 Å². The maximum atomic E-state index is 9.05. The highest BCUT2D eigenvalue weighted by molar-refractivity contribution is 5.80. The number of ether oxygens (including phenoxy) is 2. The number of benzene rings is 1. The summed E-state index contributed by atoms with van der Waals surface area (Å²) >= 11 is 0. The SMILES string of the molecule is COc1ccc(C=NCC(C)O)cc1OC. The predicted molar refractivity (Wildman–Crippen MR) is 63.7 cm³/mol. The lowest BCUT2D eigenvalue weighted by Crippen LogP contribution is -2.03. The smallest absolute Gasteiger partial charge is 0.161 e. The first kappa shape index (κ1) is 12.5. The Morgan fingerprint density at radius 1 is 1.31 bits per heavy atom. The van der Waals surface area contributed by atoms with Gasteiger partial charge in [-0.1, -0.05) is 0 Å². The summed E-state index contributed by atoms with van der Waals surface area (Å²) in [5.41, 5.74) is 0.915. The first-order chi connectivity index (χ1) is 7.67. The van der Waals surface area contributed by atoms with Gasteiger partial charge >= 0.3 is 0 Å². The van der Waals surface area contributed by atoms with Crippen LogP contribution >= 0.6 is 0 Å². The summed E-state index contributed by atoms with van der Waals surface area (Å²) in [4.78, 5) is 4.10. The molecule has 0 heterocycles. The fraction of sp³-hybridized carbons (Fsp3) is 0.417. The average molecular weight is 223 g/mol. The number of rotatable bonds is 5. The topological polar surface area (TPSA) is 51.0 Å². The van der Waals surface area contributed by atoms with Gasteiger partial charge in [-0.25, -0.2) is 0 Å². The number of aliphatic hydroxyl groups excluding tert-OH is 1. The maximum absolute atomic E-state index is 9.05. The molecule has 0 aliphatic heterocycles. The lowest BCUT2D eigenvalue weighted by molar-refractivity contribution is 0.204. The maximum Gasteiger partial charge on any atom is 0.161 e. The molecule has 1 N–H and O–H groups in total. The number of methoxy groups -OCH3 is 2. The number of hydrogen-bond donors (Lipinski definition) is 1. The van der Waals surface area contributed by atoms with E-state index in [-0.39, 0.29) is 0 Å². The molecule has 0 fully saturated rings. The third-order valence-electron chi connectivity index (χ3n) is 2.02. The van der Waals surface area contributed by atoms with Crippen molar-refractivity contribution in [1.29, 1.82) is 0 Å². The molecule has 1 rings (SSSR count). The van der Waals surface area contributed by atoms with Crippen LogP contribution in [-0.4, -0.2) is 38.2 Å². The van der Waals surface area contributed by atoms with E-state index in [9.17, 15) is 0 Å². The van der Waals surface area contributed by atoms with Crippen LogP contribution in [0.3, 0.4) is 0 Å². The average Bonchev–Trinajstić information content (AvgIpc) is 2.28. The molecule has 0 saturated carbocycles. The molecule has 1 aromatic rings. The second kappa shape index (κ2) is 6.12. The standard InChI is InChI=1S/C12H17NO3/c1-9(14)7-13-8-10-4-5-11(15-2)12(6-10)16-3/h4-6,8-9,14H,7H2,1-3H3. The van der Waals surface area contributed by atoms with Crippen LogP contribution in [0.4, 0.5) is 0 Å². The Kier molecular flexibility index (Phi) is 4.79. The Labute approximate surface area is 95.5 Å². The Morgan fingerprint density at radius 2 is 2.00 bits per heavy atom. The fourth-order valence-electron chi connectivity index (χ4n) is 1.24. The minimum Gasteiger partial charge on any atom is -0.493 e. The molecular formula is C12H17NO3. The Bertz CT molecular complexity index is 361. The molecule has 0 aromatic heterocycles. The highest BCUT2D eigenvalue weighted by atomic mass is 16.5. The summed E-state index contributed by atoms with van der Waals surface area (Å²) in [6.07, 6.45) is 1.28. The molecule has 0 radical (unpaired) electrons. The summed E-state index contributed by atoms with van der Waals surface area (Å²) in [7, 11) is 3.19. The zero-order chi connectivity index (χ0) is 12.0. The second-order valence-corrected chi connectivity index (χ2v) is 3.46. The number of nitrogens with zero attached hydrogens (tertiary/aromatic N) is 1. The first-order valence-corrected chi connectivity index (χ1v) is 5.07. The van der Waals surface area contributed by atoms with E-state index in [0.717, 1.165) is 5.56 Å². The van der Waals surface area contributed by atoms with Gasteiger partial charge in [0.1, 0.15) is 0 Å². The molecule has 0 aliphatic carbocycles. The molecule has 0 saturated heterocycles. The van der Waals surface area contributed by atoms with Gasteiger partial charge in [0.05, 0.1) is 26.9 Å². The predicted octanol–water partition coefficient (Wildman–Crippen LogP) is 1.50. The van der Waals surface area contributed by atoms with E-state index in [4.69, 9.17) is 14.6 Å². The highest BCUT2D eigenvalue weighted by Gasteiger charge is 2.02. The van der Waals surface area contributed by atoms with Crippen LogP contribution in [0.2, 0.25) is 0 Å². The fourth-order valence-corrected chi connectivity index (χ4v) is 1.24. The van der Waals surface area contributed by atoms with Gasteiger partial charge in [-0.2, -0.15) is 0 Å². The van der Waals surface area contributed by atoms with Crippen LogP contribution in [0.15, 0.2) is 23.2 Å². The molecule has 4 heteroatoms. The van der Waals surface area contributed by atoms with E-state index in [2.05, 4.69) is 4.99 Å². The molecule has 16 heavy (non-hydrogen) atoms. The first-order valence-electron chi connectivity index (χ1n) is 5.07. The van der Waals surface area contributed by atoms with E-state index >= 15 is 0 Å². The van der Waals surface area contributed by atoms with Gasteiger partial charge in [0.15, 0.2) is 11.5 Å². The van der Waals surface area contributed by atoms with Crippen molar-refractivity contribution in [1.82, 2.24) is 0 Å². The van der Waals surface area contributed by atoms with E-state index < -0.39 is 6.10 Å². The molecule has 88 valence electrons. The van der Waals surface area contributed by atoms with Crippen molar-refractivity contribution in [2.75, 3.05) is 20.8 Å². The number of aliphatic hydroxyl groups is 1. The molecule has 0 spiro atoms. The lowest BCUT2D eigenvalue weighted by atomic mass is 10.2. The monoisotopic (exact) mass is 223 g/mol. The quantitative estimate of drug-likeness (QED) is 0.770. The van der Waals surface area contributed by atoms with Crippen LogP contribution < -0.4 is 9.47 Å². The summed E-state index contributed by atoms with van der Waals surface area (Å²) in [5.74, 6) is 1.36. The van der Waals surface area contributed by atoms with Crippen LogP contribution in [0.1, 0.15) is 12.5 Å². The lowest BCUT2D eigenvalue weighted by Gasteiger charge is -2.07.